The Hall–Kier alpha value is -2.44. The fourth-order valence-electron chi connectivity index (χ4n) is 2.64. The largest absolute Gasteiger partial charge is 0.340 e. The number of pyridine rings is 1. The number of nitrogens with one attached hydrogen (secondary N) is 1. The predicted octanol–water partition coefficient (Wildman–Crippen LogP) is 4.62. The highest BCUT2D eigenvalue weighted by Crippen LogP contribution is 2.20. The molecule has 0 aliphatic carbocycles. The molecule has 5 nitrogen and oxygen atoms in total. The summed E-state index contributed by atoms with van der Waals surface area (Å²) < 4.78 is 13.3. The van der Waals surface area contributed by atoms with Crippen LogP contribution in [0.5, 0.6) is 0 Å². The molecular weight excluding hydrogens is 390 g/mol. The molecule has 0 spiro atoms. The van der Waals surface area contributed by atoms with Crippen LogP contribution in [0.2, 0.25) is 10.2 Å². The van der Waals surface area contributed by atoms with Gasteiger partial charge in [0.25, 0.3) is 5.91 Å². The van der Waals surface area contributed by atoms with Crippen LogP contribution in [-0.4, -0.2) is 39.6 Å². The van der Waals surface area contributed by atoms with Crippen molar-refractivity contribution in [2.24, 2.45) is 0 Å². The summed E-state index contributed by atoms with van der Waals surface area (Å²) in [5, 5.41) is 7.65. The van der Waals surface area contributed by atoms with Gasteiger partial charge in [-0.15, -0.1) is 0 Å². The van der Waals surface area contributed by atoms with Crippen molar-refractivity contribution in [2.45, 2.75) is 12.8 Å². The van der Waals surface area contributed by atoms with Crippen molar-refractivity contribution in [3.8, 4) is 11.3 Å². The second-order valence-corrected chi connectivity index (χ2v) is 6.88. The number of benzene rings is 1. The lowest BCUT2D eigenvalue weighted by atomic mass is 10.1. The first kappa shape index (κ1) is 19.3. The van der Waals surface area contributed by atoms with Crippen molar-refractivity contribution in [3.05, 3.63) is 69.8 Å². The van der Waals surface area contributed by atoms with Crippen LogP contribution in [0.3, 0.4) is 0 Å². The smallest absolute Gasteiger partial charge is 0.273 e. The van der Waals surface area contributed by atoms with Crippen molar-refractivity contribution >= 4 is 29.1 Å². The molecule has 8 heteroatoms. The third kappa shape index (κ3) is 4.84. The molecule has 0 unspecified atom stereocenters. The average Bonchev–Trinajstić information content (AvgIpc) is 3.12. The Balaban J connectivity index is 1.57. The maximum absolute atomic E-state index is 13.3. The van der Waals surface area contributed by atoms with Crippen molar-refractivity contribution in [1.29, 1.82) is 0 Å². The van der Waals surface area contributed by atoms with Gasteiger partial charge in [0, 0.05) is 24.8 Å². The molecule has 0 fully saturated rings. The molecule has 2 aromatic heterocycles. The van der Waals surface area contributed by atoms with E-state index in [2.05, 4.69) is 15.2 Å². The van der Waals surface area contributed by atoms with Gasteiger partial charge >= 0.3 is 0 Å². The second kappa shape index (κ2) is 8.50. The molecule has 0 bridgehead atoms. The molecule has 140 valence electrons. The number of aryl methyl sites for hydroxylation is 1. The van der Waals surface area contributed by atoms with E-state index in [1.54, 1.807) is 30.1 Å². The zero-order valence-corrected chi connectivity index (χ0v) is 16.1. The molecule has 0 saturated heterocycles. The maximum Gasteiger partial charge on any atom is 0.273 e. The first-order valence-corrected chi connectivity index (χ1v) is 9.07. The number of hydrogen-bond acceptors (Lipinski definition) is 3. The van der Waals surface area contributed by atoms with E-state index in [1.807, 2.05) is 6.07 Å². The van der Waals surface area contributed by atoms with Crippen LogP contribution < -0.4 is 0 Å². The number of carbonyl (C=O) groups is 1. The Morgan fingerprint density at radius 1 is 1.22 bits per heavy atom. The van der Waals surface area contributed by atoms with Gasteiger partial charge in [-0.25, -0.2) is 9.37 Å². The minimum Gasteiger partial charge on any atom is -0.340 e. The molecule has 3 aromatic rings. The predicted molar refractivity (Wildman–Crippen MR) is 104 cm³/mol. The van der Waals surface area contributed by atoms with Gasteiger partial charge in [-0.05, 0) is 43.2 Å². The third-order valence-electron chi connectivity index (χ3n) is 4.05. The monoisotopic (exact) mass is 406 g/mol. The SMILES string of the molecule is CN(CCCc1cc(-c2cccc(F)c2)n[nH]1)C(=O)c1nc(Cl)ccc1Cl. The maximum atomic E-state index is 13.3. The number of nitrogens with zero attached hydrogens (tertiary/aromatic N) is 3. The van der Waals surface area contributed by atoms with E-state index >= 15 is 0 Å². The Labute approximate surface area is 166 Å². The molecule has 27 heavy (non-hydrogen) atoms. The number of aromatic amines is 1. The van der Waals surface area contributed by atoms with Crippen LogP contribution in [0.25, 0.3) is 11.3 Å². The van der Waals surface area contributed by atoms with Crippen molar-refractivity contribution < 1.29 is 9.18 Å². The van der Waals surface area contributed by atoms with Crippen LogP contribution in [0.4, 0.5) is 4.39 Å². The van der Waals surface area contributed by atoms with E-state index in [1.165, 1.54) is 18.2 Å². The van der Waals surface area contributed by atoms with Crippen molar-refractivity contribution in [1.82, 2.24) is 20.1 Å². The summed E-state index contributed by atoms with van der Waals surface area (Å²) in [7, 11) is 1.69. The topological polar surface area (TPSA) is 61.9 Å². The molecule has 0 radical (unpaired) electrons. The quantitative estimate of drug-likeness (QED) is 0.607. The molecule has 1 N–H and O–H groups in total. The van der Waals surface area contributed by atoms with Crippen molar-refractivity contribution in [2.75, 3.05) is 13.6 Å². The fraction of sp³-hybridized carbons (Fsp3) is 0.211. The Morgan fingerprint density at radius 2 is 2.04 bits per heavy atom. The number of aromatic nitrogens is 3. The summed E-state index contributed by atoms with van der Waals surface area (Å²) >= 11 is 11.9. The minimum atomic E-state index is -0.300. The van der Waals surface area contributed by atoms with Gasteiger partial charge in [0.1, 0.15) is 16.7 Å². The molecule has 2 heterocycles. The molecule has 1 amide bonds. The zero-order valence-electron chi connectivity index (χ0n) is 14.5. The first-order valence-electron chi connectivity index (χ1n) is 8.32. The molecular formula is C19H17Cl2FN4O. The normalized spacial score (nSPS) is 10.8. The lowest BCUT2D eigenvalue weighted by Crippen LogP contribution is -2.29. The summed E-state index contributed by atoms with van der Waals surface area (Å²) in [5.41, 5.74) is 2.45. The summed E-state index contributed by atoms with van der Waals surface area (Å²) in [6.07, 6.45) is 1.40. The summed E-state index contributed by atoms with van der Waals surface area (Å²) in [6, 6.07) is 11.3. The lowest BCUT2D eigenvalue weighted by molar-refractivity contribution is 0.0788. The van der Waals surface area contributed by atoms with E-state index in [0.29, 0.717) is 30.6 Å². The van der Waals surface area contributed by atoms with Crippen LogP contribution >= 0.6 is 23.2 Å². The Kier molecular flexibility index (Phi) is 6.08. The van der Waals surface area contributed by atoms with E-state index < -0.39 is 0 Å². The molecule has 0 aliphatic heterocycles. The summed E-state index contributed by atoms with van der Waals surface area (Å²) in [4.78, 5) is 18.0. The highest BCUT2D eigenvalue weighted by molar-refractivity contribution is 6.34. The molecule has 1 aromatic carbocycles. The van der Waals surface area contributed by atoms with E-state index in [9.17, 15) is 9.18 Å². The highest BCUT2D eigenvalue weighted by atomic mass is 35.5. The van der Waals surface area contributed by atoms with Crippen LogP contribution in [0.15, 0.2) is 42.5 Å². The van der Waals surface area contributed by atoms with Gasteiger partial charge in [0.15, 0.2) is 0 Å². The molecule has 0 atom stereocenters. The molecule has 0 saturated carbocycles. The van der Waals surface area contributed by atoms with E-state index in [4.69, 9.17) is 23.2 Å². The number of halogens is 3. The number of H-pyrrole nitrogens is 1. The van der Waals surface area contributed by atoms with Crippen LogP contribution in [-0.2, 0) is 6.42 Å². The second-order valence-electron chi connectivity index (χ2n) is 6.08. The van der Waals surface area contributed by atoms with Crippen LogP contribution in [0.1, 0.15) is 22.6 Å². The van der Waals surface area contributed by atoms with E-state index in [0.717, 1.165) is 5.69 Å². The van der Waals surface area contributed by atoms with Crippen LogP contribution in [0, 0.1) is 5.82 Å². The van der Waals surface area contributed by atoms with Crippen molar-refractivity contribution in [3.63, 3.8) is 0 Å². The van der Waals surface area contributed by atoms with Gasteiger partial charge in [0.2, 0.25) is 0 Å². The summed E-state index contributed by atoms with van der Waals surface area (Å²) in [5.74, 6) is -0.585. The van der Waals surface area contributed by atoms with Gasteiger partial charge in [-0.1, -0.05) is 35.3 Å². The zero-order chi connectivity index (χ0) is 19.4. The average molecular weight is 407 g/mol. The minimum absolute atomic E-state index is 0.140. The Morgan fingerprint density at radius 3 is 2.81 bits per heavy atom. The van der Waals surface area contributed by atoms with Gasteiger partial charge in [0.05, 0.1) is 10.7 Å². The van der Waals surface area contributed by atoms with E-state index in [-0.39, 0.29) is 27.6 Å². The summed E-state index contributed by atoms with van der Waals surface area (Å²) in [6.45, 7) is 0.512. The highest BCUT2D eigenvalue weighted by Gasteiger charge is 2.17. The molecule has 0 aliphatic rings. The Bertz CT molecular complexity index is 960. The lowest BCUT2D eigenvalue weighted by Gasteiger charge is -2.17. The number of amides is 1. The molecule has 3 rings (SSSR count). The standard InChI is InChI=1S/C19H17Cl2FN4O/c1-26(19(27)18-15(20)7-8-17(21)23-18)9-3-6-14-11-16(25-24-14)12-4-2-5-13(22)10-12/h2,4-5,7-8,10-11H,3,6,9H2,1H3,(H,24,25). The number of rotatable bonds is 6. The van der Waals surface area contributed by atoms with Gasteiger partial charge in [-0.2, -0.15) is 5.10 Å². The number of carbonyl (C=O) groups excluding carboxylic acids is 1. The van der Waals surface area contributed by atoms with Gasteiger partial charge in [-0.3, -0.25) is 9.89 Å². The third-order valence-corrected chi connectivity index (χ3v) is 4.57. The number of hydrogen-bond donors (Lipinski definition) is 1. The van der Waals surface area contributed by atoms with Gasteiger partial charge < -0.3 is 4.90 Å². The first-order chi connectivity index (χ1) is 12.9. The fourth-order valence-corrected chi connectivity index (χ4v) is 2.98.